The van der Waals surface area contributed by atoms with E-state index in [9.17, 15) is 4.79 Å². The van der Waals surface area contributed by atoms with Crippen molar-refractivity contribution in [1.29, 1.82) is 0 Å². The number of rotatable bonds is 4. The zero-order valence-electron chi connectivity index (χ0n) is 34.3. The fourth-order valence-corrected chi connectivity index (χ4v) is 4.68. The number of nitrogens with two attached hydrogens (primary N) is 2. The molecule has 2 aromatic carbocycles. The average molecular weight is 793 g/mol. The highest BCUT2D eigenvalue weighted by Crippen LogP contribution is 2.07. The number of anilines is 2. The summed E-state index contributed by atoms with van der Waals surface area (Å²) in [5, 5.41) is 35.8. The summed E-state index contributed by atoms with van der Waals surface area (Å²) in [6.07, 6.45) is 1.69. The highest BCUT2D eigenvalue weighted by Gasteiger charge is 2.11. The number of H-pyrrole nitrogens is 3. The second kappa shape index (κ2) is 25.1. The Labute approximate surface area is 338 Å². The van der Waals surface area contributed by atoms with E-state index >= 15 is 0 Å². The molecule has 6 heterocycles. The predicted molar refractivity (Wildman–Crippen MR) is 229 cm³/mol. The van der Waals surface area contributed by atoms with Crippen LogP contribution in [0.1, 0.15) is 45.2 Å². The van der Waals surface area contributed by atoms with Crippen LogP contribution in [0.25, 0.3) is 0 Å². The molecule has 19 nitrogen and oxygen atoms in total. The number of aromatic amines is 3. The molecule has 0 saturated carbocycles. The van der Waals surface area contributed by atoms with E-state index in [1.807, 2.05) is 26.8 Å². The quantitative estimate of drug-likeness (QED) is 0.128. The molecule has 58 heavy (non-hydrogen) atoms. The lowest BCUT2D eigenvalue weighted by atomic mass is 10.1. The molecule has 308 valence electrons. The number of aryl methyl sites for hydroxylation is 6. The lowest BCUT2D eigenvalue weighted by Gasteiger charge is -2.15. The molecule has 0 fully saturated rings. The van der Waals surface area contributed by atoms with Crippen LogP contribution in [0.5, 0.6) is 0 Å². The van der Waals surface area contributed by atoms with Gasteiger partial charge in [0.25, 0.3) is 5.56 Å². The number of nitrogens with one attached hydrogen (secondary N) is 6. The fourth-order valence-electron chi connectivity index (χ4n) is 4.68. The van der Waals surface area contributed by atoms with Gasteiger partial charge in [-0.3, -0.25) is 14.8 Å². The van der Waals surface area contributed by atoms with E-state index in [0.29, 0.717) is 17.6 Å². The molecular weight excluding hydrogens is 737 g/mol. The molecule has 0 radical (unpaired) electrons. The van der Waals surface area contributed by atoms with Crippen LogP contribution in [0.2, 0.25) is 0 Å². The Bertz CT molecular complexity index is 2100. The van der Waals surface area contributed by atoms with Gasteiger partial charge >= 0.3 is 0 Å². The van der Waals surface area contributed by atoms with Gasteiger partial charge in [0, 0.05) is 51.2 Å². The van der Waals surface area contributed by atoms with E-state index in [-0.39, 0.29) is 5.56 Å². The topological polar surface area (TPSA) is 271 Å². The van der Waals surface area contributed by atoms with Crippen LogP contribution < -0.4 is 33.0 Å². The summed E-state index contributed by atoms with van der Waals surface area (Å²) in [6, 6.07) is 23.5. The van der Waals surface area contributed by atoms with Crippen molar-refractivity contribution in [3.63, 3.8) is 0 Å². The molecule has 19 heteroatoms. The molecule has 0 amide bonds. The van der Waals surface area contributed by atoms with Crippen LogP contribution in [0.15, 0.2) is 93.8 Å². The number of hydrogen-bond donors (Lipinski definition) is 8. The van der Waals surface area contributed by atoms with Crippen molar-refractivity contribution in [2.24, 2.45) is 9.98 Å². The number of nitrogens with zero attached hydrogens (tertiary/aromatic N) is 10. The summed E-state index contributed by atoms with van der Waals surface area (Å²) >= 11 is 0. The zero-order chi connectivity index (χ0) is 42.1. The molecule has 10 N–H and O–H groups in total. The minimum absolute atomic E-state index is 0.157. The SMILES string of the molecule is Cc1ccc(=O)[nH]n1.Cc1ccc(N)nn1.Cc1ccccc1CNC1=NCCN1.Cc1ccccc1CNC1=NCCN1C.Cc1cnc(N)[nH]1.Cc1nn[nH]n1. The minimum Gasteiger partial charge on any atom is -0.382 e. The lowest BCUT2D eigenvalue weighted by molar-refractivity contribution is 0.534. The van der Waals surface area contributed by atoms with Gasteiger partial charge in [-0.05, 0) is 82.0 Å². The van der Waals surface area contributed by atoms with E-state index in [1.165, 1.54) is 28.3 Å². The fraction of sp³-hybridized carbons (Fsp3) is 0.333. The van der Waals surface area contributed by atoms with Crippen molar-refractivity contribution in [2.45, 2.75) is 54.6 Å². The molecular formula is C39H56N18O. The molecule has 2 aliphatic rings. The third kappa shape index (κ3) is 18.4. The summed E-state index contributed by atoms with van der Waals surface area (Å²) < 4.78 is 0. The van der Waals surface area contributed by atoms with Crippen molar-refractivity contribution in [3.05, 3.63) is 135 Å². The van der Waals surface area contributed by atoms with Crippen LogP contribution in [0, 0.1) is 41.5 Å². The Hall–Kier alpha value is -7.18. The van der Waals surface area contributed by atoms with Gasteiger partial charge in [0.1, 0.15) is 5.82 Å². The van der Waals surface area contributed by atoms with Gasteiger partial charge in [-0.15, -0.1) is 15.3 Å². The first-order valence-corrected chi connectivity index (χ1v) is 18.6. The average Bonchev–Trinajstić information content (AvgIpc) is 4.06. The Morgan fingerprint density at radius 3 is 1.81 bits per heavy atom. The standard InChI is InChI=1S/C12H17N3.C11H15N3.C5H7N3.C5H6N2O.C4H7N3.C2H4N4/c1-10-5-3-4-6-11(10)9-14-12-13-7-8-15(12)2;1-9-4-2-3-5-10(9)8-14-11-12-6-7-13-11;1-4-2-3-5(6)8-7-4;1-4-2-3-5(8)7-6-4;1-3-2-6-4(5)7-3;1-2-3-5-6-4-2/h3-6H,7-9H2,1-2H3,(H,13,14);2-5H,6-8H2,1H3,(H2,12,13,14);2-3H,1H3,(H2,6,8);2-3H,1H3,(H,7,8);2H,1H3,(H3,5,6,7);1H3,(H,3,4,5,6). The van der Waals surface area contributed by atoms with Gasteiger partial charge in [0.15, 0.2) is 23.7 Å². The molecule has 0 spiro atoms. The number of hydrogen-bond acceptors (Lipinski definition) is 16. The lowest BCUT2D eigenvalue weighted by Crippen LogP contribution is -2.35. The first-order valence-electron chi connectivity index (χ1n) is 18.6. The van der Waals surface area contributed by atoms with E-state index in [0.717, 1.165) is 68.3 Å². The minimum atomic E-state index is -0.157. The van der Waals surface area contributed by atoms with E-state index in [2.05, 4.69) is 151 Å². The van der Waals surface area contributed by atoms with Gasteiger partial charge in [-0.1, -0.05) is 53.7 Å². The van der Waals surface area contributed by atoms with Crippen molar-refractivity contribution in [1.82, 2.24) is 71.8 Å². The number of benzene rings is 2. The van der Waals surface area contributed by atoms with Crippen molar-refractivity contribution in [3.8, 4) is 0 Å². The molecule has 2 aliphatic heterocycles. The van der Waals surface area contributed by atoms with E-state index < -0.39 is 0 Å². The predicted octanol–water partition coefficient (Wildman–Crippen LogP) is 2.68. The van der Waals surface area contributed by atoms with Crippen LogP contribution in [-0.4, -0.2) is 101 Å². The maximum Gasteiger partial charge on any atom is 0.264 e. The molecule has 0 atom stereocenters. The summed E-state index contributed by atoms with van der Waals surface area (Å²) in [5.74, 6) is 3.56. The molecule has 6 aromatic rings. The van der Waals surface area contributed by atoms with Crippen LogP contribution >= 0.6 is 0 Å². The summed E-state index contributed by atoms with van der Waals surface area (Å²) in [4.78, 5) is 27.7. The second-order valence-corrected chi connectivity index (χ2v) is 12.9. The molecule has 0 saturated heterocycles. The van der Waals surface area contributed by atoms with Crippen LogP contribution in [0.4, 0.5) is 11.8 Å². The first kappa shape index (κ1) is 45.2. The Morgan fingerprint density at radius 1 is 0.741 bits per heavy atom. The first-order chi connectivity index (χ1) is 27.9. The van der Waals surface area contributed by atoms with Gasteiger partial charge < -0.3 is 37.3 Å². The van der Waals surface area contributed by atoms with Crippen molar-refractivity contribution in [2.75, 3.05) is 44.7 Å². The summed E-state index contributed by atoms with van der Waals surface area (Å²) in [5.41, 5.74) is 18.3. The Balaban J connectivity index is 0.000000193. The second-order valence-electron chi connectivity index (χ2n) is 12.9. The third-order valence-corrected chi connectivity index (χ3v) is 7.95. The Morgan fingerprint density at radius 2 is 1.41 bits per heavy atom. The van der Waals surface area contributed by atoms with Crippen LogP contribution in [0.3, 0.4) is 0 Å². The third-order valence-electron chi connectivity index (χ3n) is 7.95. The van der Waals surface area contributed by atoms with Gasteiger partial charge in [-0.25, -0.2) is 10.1 Å². The normalized spacial score (nSPS) is 12.1. The molecule has 0 aliphatic carbocycles. The number of aliphatic imine (C=N–C) groups is 2. The van der Waals surface area contributed by atoms with E-state index in [4.69, 9.17) is 11.5 Å². The maximum atomic E-state index is 10.3. The largest absolute Gasteiger partial charge is 0.382 e. The molecule has 0 bridgehead atoms. The van der Waals surface area contributed by atoms with Gasteiger partial charge in [-0.2, -0.15) is 15.4 Å². The number of tetrazole rings is 1. The molecule has 0 unspecified atom stereocenters. The summed E-state index contributed by atoms with van der Waals surface area (Å²) in [6.45, 7) is 17.1. The Kier molecular flexibility index (Phi) is 19.5. The molecule has 4 aromatic heterocycles. The van der Waals surface area contributed by atoms with Gasteiger partial charge in [0.05, 0.1) is 24.5 Å². The highest BCUT2D eigenvalue weighted by atomic mass is 16.1. The van der Waals surface area contributed by atoms with Crippen LogP contribution in [-0.2, 0) is 13.1 Å². The van der Waals surface area contributed by atoms with E-state index in [1.54, 1.807) is 25.3 Å². The van der Waals surface area contributed by atoms with Gasteiger partial charge in [0.2, 0.25) is 0 Å². The van der Waals surface area contributed by atoms with Crippen molar-refractivity contribution >= 4 is 23.7 Å². The number of imidazole rings is 1. The number of likely N-dealkylation sites (N-methyl/N-ethyl adjacent to an activating group) is 1. The maximum absolute atomic E-state index is 10.3. The highest BCUT2D eigenvalue weighted by molar-refractivity contribution is 5.81. The molecule has 8 rings (SSSR count). The number of nitrogen functional groups attached to an aromatic ring is 2. The van der Waals surface area contributed by atoms with Crippen molar-refractivity contribution < 1.29 is 0 Å². The smallest absolute Gasteiger partial charge is 0.264 e. The summed E-state index contributed by atoms with van der Waals surface area (Å²) in [7, 11) is 2.07. The number of aromatic nitrogens is 10. The number of guanidine groups is 2. The monoisotopic (exact) mass is 792 g/mol. The zero-order valence-corrected chi connectivity index (χ0v) is 34.3.